The van der Waals surface area contributed by atoms with Crippen molar-refractivity contribution >= 4 is 27.6 Å². The first-order valence-corrected chi connectivity index (χ1v) is 7.49. The molecule has 0 aliphatic carbocycles. The topological polar surface area (TPSA) is 40.5 Å². The molecule has 3 nitrogen and oxygen atoms in total. The summed E-state index contributed by atoms with van der Waals surface area (Å²) in [5.41, 5.74) is 1.41. The Morgan fingerprint density at radius 2 is 2.05 bits per heavy atom. The van der Waals surface area contributed by atoms with Gasteiger partial charge in [0.15, 0.2) is 0 Å². The number of anilines is 1. The molecule has 1 aromatic carbocycles. The minimum absolute atomic E-state index is 0.321. The smallest absolute Gasteiger partial charge is 0.335 e. The van der Waals surface area contributed by atoms with Gasteiger partial charge in [-0.3, -0.25) is 0 Å². The van der Waals surface area contributed by atoms with Gasteiger partial charge < -0.3 is 10.0 Å². The van der Waals surface area contributed by atoms with Crippen molar-refractivity contribution < 1.29 is 9.90 Å². The molecule has 1 aliphatic rings. The van der Waals surface area contributed by atoms with Gasteiger partial charge >= 0.3 is 5.97 Å². The number of carboxylic acid groups (broad SMARTS) is 1. The minimum Gasteiger partial charge on any atom is -0.478 e. The lowest BCUT2D eigenvalue weighted by atomic mass is 9.85. The number of nitrogens with zero attached hydrogens (tertiary/aromatic N) is 1. The van der Waals surface area contributed by atoms with Crippen LogP contribution in [0.25, 0.3) is 0 Å². The van der Waals surface area contributed by atoms with Gasteiger partial charge in [-0.25, -0.2) is 4.79 Å². The molecular formula is C15H20BrNO2. The molecule has 3 unspecified atom stereocenters. The predicted molar refractivity (Wildman–Crippen MR) is 80.9 cm³/mol. The number of halogens is 1. The first-order valence-electron chi connectivity index (χ1n) is 6.69. The second-order valence-electron chi connectivity index (χ2n) is 5.68. The summed E-state index contributed by atoms with van der Waals surface area (Å²) in [7, 11) is 0. The molecule has 1 aromatic rings. The highest BCUT2D eigenvalue weighted by Crippen LogP contribution is 2.35. The maximum Gasteiger partial charge on any atom is 0.335 e. The third kappa shape index (κ3) is 2.94. The molecule has 104 valence electrons. The lowest BCUT2D eigenvalue weighted by Gasteiger charge is -2.43. The van der Waals surface area contributed by atoms with E-state index in [0.29, 0.717) is 23.4 Å². The fourth-order valence-electron chi connectivity index (χ4n) is 2.91. The highest BCUT2D eigenvalue weighted by molar-refractivity contribution is 9.10. The quantitative estimate of drug-likeness (QED) is 0.892. The van der Waals surface area contributed by atoms with Crippen molar-refractivity contribution in [1.82, 2.24) is 0 Å². The number of rotatable bonds is 2. The lowest BCUT2D eigenvalue weighted by molar-refractivity contribution is 0.0697. The average Bonchev–Trinajstić information content (AvgIpc) is 2.33. The molecule has 4 heteroatoms. The summed E-state index contributed by atoms with van der Waals surface area (Å²) in [6.45, 7) is 7.83. The van der Waals surface area contributed by atoms with E-state index in [9.17, 15) is 4.79 Å². The first-order chi connectivity index (χ1) is 8.90. The molecule has 1 heterocycles. The summed E-state index contributed by atoms with van der Waals surface area (Å²) in [6, 6.07) is 5.76. The maximum absolute atomic E-state index is 11.0. The van der Waals surface area contributed by atoms with E-state index in [1.54, 1.807) is 12.1 Å². The van der Waals surface area contributed by atoms with Crippen molar-refractivity contribution in [2.75, 3.05) is 11.4 Å². The van der Waals surface area contributed by atoms with Gasteiger partial charge in [0, 0.05) is 17.1 Å². The van der Waals surface area contributed by atoms with E-state index in [1.807, 2.05) is 6.07 Å². The van der Waals surface area contributed by atoms with E-state index in [0.717, 1.165) is 16.7 Å². The number of benzene rings is 1. The molecule has 0 radical (unpaired) electrons. The minimum atomic E-state index is -0.888. The monoisotopic (exact) mass is 325 g/mol. The van der Waals surface area contributed by atoms with Crippen molar-refractivity contribution in [2.45, 2.75) is 33.2 Å². The highest BCUT2D eigenvalue weighted by Gasteiger charge is 2.29. The molecule has 1 N–H and O–H groups in total. The van der Waals surface area contributed by atoms with Crippen LogP contribution in [-0.2, 0) is 0 Å². The number of carboxylic acids is 1. The Morgan fingerprint density at radius 3 is 2.63 bits per heavy atom. The maximum atomic E-state index is 11.0. The zero-order chi connectivity index (χ0) is 14.2. The highest BCUT2D eigenvalue weighted by atomic mass is 79.9. The summed E-state index contributed by atoms with van der Waals surface area (Å²) >= 11 is 3.51. The normalized spacial score (nSPS) is 27.4. The van der Waals surface area contributed by atoms with Gasteiger partial charge in [-0.05, 0) is 59.3 Å². The van der Waals surface area contributed by atoms with Gasteiger partial charge in [0.05, 0.1) is 11.3 Å². The van der Waals surface area contributed by atoms with Crippen molar-refractivity contribution in [3.8, 4) is 0 Å². The van der Waals surface area contributed by atoms with Crippen LogP contribution in [0.2, 0.25) is 0 Å². The Hall–Kier alpha value is -1.03. The predicted octanol–water partition coefficient (Wildman–Crippen LogP) is 4.02. The molecule has 0 spiro atoms. The van der Waals surface area contributed by atoms with E-state index in [-0.39, 0.29) is 0 Å². The van der Waals surface area contributed by atoms with E-state index in [1.165, 1.54) is 6.42 Å². The molecular weight excluding hydrogens is 306 g/mol. The molecule has 0 aromatic heterocycles. The second-order valence-corrected chi connectivity index (χ2v) is 6.54. The Morgan fingerprint density at radius 1 is 1.37 bits per heavy atom. The van der Waals surface area contributed by atoms with Gasteiger partial charge in [-0.15, -0.1) is 0 Å². The van der Waals surface area contributed by atoms with Crippen LogP contribution in [0.5, 0.6) is 0 Å². The van der Waals surface area contributed by atoms with E-state index >= 15 is 0 Å². The molecule has 19 heavy (non-hydrogen) atoms. The summed E-state index contributed by atoms with van der Waals surface area (Å²) in [5.74, 6) is 0.424. The Kier molecular flexibility index (Phi) is 4.19. The summed E-state index contributed by atoms with van der Waals surface area (Å²) in [6.07, 6.45) is 1.25. The lowest BCUT2D eigenvalue weighted by Crippen LogP contribution is -2.46. The summed E-state index contributed by atoms with van der Waals surface area (Å²) in [5, 5.41) is 9.01. The van der Waals surface area contributed by atoms with Crippen LogP contribution in [0.1, 0.15) is 37.6 Å². The third-order valence-corrected chi connectivity index (χ3v) is 4.74. The van der Waals surface area contributed by atoms with E-state index in [2.05, 4.69) is 41.6 Å². The largest absolute Gasteiger partial charge is 0.478 e. The zero-order valence-corrected chi connectivity index (χ0v) is 13.1. The van der Waals surface area contributed by atoms with Crippen LogP contribution in [0, 0.1) is 11.8 Å². The van der Waals surface area contributed by atoms with Crippen molar-refractivity contribution in [3.63, 3.8) is 0 Å². The number of piperidine rings is 1. The molecule has 1 fully saturated rings. The molecule has 2 rings (SSSR count). The summed E-state index contributed by atoms with van der Waals surface area (Å²) in [4.78, 5) is 13.4. The Balaban J connectivity index is 2.32. The van der Waals surface area contributed by atoms with Crippen LogP contribution in [0.4, 0.5) is 5.69 Å². The van der Waals surface area contributed by atoms with Crippen LogP contribution < -0.4 is 4.90 Å². The van der Waals surface area contributed by atoms with Gasteiger partial charge in [0.25, 0.3) is 0 Å². The average molecular weight is 326 g/mol. The van der Waals surface area contributed by atoms with Gasteiger partial charge in [-0.1, -0.05) is 13.8 Å². The van der Waals surface area contributed by atoms with Crippen LogP contribution in [-0.4, -0.2) is 23.7 Å². The fraction of sp³-hybridized carbons (Fsp3) is 0.533. The van der Waals surface area contributed by atoms with Crippen molar-refractivity contribution in [3.05, 3.63) is 28.2 Å². The van der Waals surface area contributed by atoms with Crippen molar-refractivity contribution in [1.29, 1.82) is 0 Å². The molecule has 3 atom stereocenters. The molecule has 0 saturated carbocycles. The summed E-state index contributed by atoms with van der Waals surface area (Å²) < 4.78 is 0.862. The van der Waals surface area contributed by atoms with Crippen molar-refractivity contribution in [2.24, 2.45) is 11.8 Å². The Labute approximate surface area is 122 Å². The van der Waals surface area contributed by atoms with Gasteiger partial charge in [0.1, 0.15) is 0 Å². The number of aromatic carboxylic acids is 1. The number of carbonyl (C=O) groups is 1. The van der Waals surface area contributed by atoms with Gasteiger partial charge in [-0.2, -0.15) is 0 Å². The van der Waals surface area contributed by atoms with Crippen LogP contribution in [0.15, 0.2) is 22.7 Å². The van der Waals surface area contributed by atoms with Crippen LogP contribution in [0.3, 0.4) is 0 Å². The molecule has 0 amide bonds. The fourth-order valence-corrected chi connectivity index (χ4v) is 3.51. The number of hydrogen-bond acceptors (Lipinski definition) is 2. The zero-order valence-electron chi connectivity index (χ0n) is 11.6. The van der Waals surface area contributed by atoms with Crippen LogP contribution >= 0.6 is 15.9 Å². The SMILES string of the molecule is CC1CC(C)C(C)N(c2ccc(C(=O)O)cc2Br)C1. The standard InChI is InChI=1S/C15H20BrNO2/c1-9-6-10(2)11(3)17(8-9)14-5-4-12(15(18)19)7-13(14)16/h4-5,7,9-11H,6,8H2,1-3H3,(H,18,19). The van der Waals surface area contributed by atoms with E-state index < -0.39 is 5.97 Å². The molecule has 1 saturated heterocycles. The second kappa shape index (κ2) is 5.53. The first kappa shape index (κ1) is 14.4. The molecule has 0 bridgehead atoms. The molecule has 1 aliphatic heterocycles. The number of hydrogen-bond donors (Lipinski definition) is 1. The van der Waals surface area contributed by atoms with Gasteiger partial charge in [0.2, 0.25) is 0 Å². The Bertz CT molecular complexity index is 489. The van der Waals surface area contributed by atoms with E-state index in [4.69, 9.17) is 5.11 Å². The third-order valence-electron chi connectivity index (χ3n) is 4.10.